The summed E-state index contributed by atoms with van der Waals surface area (Å²) in [5.74, 6) is -0.0936. The van der Waals surface area contributed by atoms with Gasteiger partial charge in [-0.25, -0.2) is 0 Å². The number of benzene rings is 1. The van der Waals surface area contributed by atoms with Crippen LogP contribution in [0.5, 0.6) is 0 Å². The van der Waals surface area contributed by atoms with Crippen molar-refractivity contribution in [3.63, 3.8) is 0 Å². The Bertz CT molecular complexity index is 713. The van der Waals surface area contributed by atoms with Gasteiger partial charge in [0.15, 0.2) is 0 Å². The molecule has 0 atom stereocenters. The molecule has 0 bridgehead atoms. The van der Waals surface area contributed by atoms with Gasteiger partial charge in [-0.3, -0.25) is 4.79 Å². The standard InChI is InChI=1S/C15H13ClN2O/c1-8-5-9(2)17-14(8)7-12-11-6-10(16)3-4-13(11)18-15(12)19/h3-7,17H,1-2H3,(H,18,19)/b12-7+. The Hall–Kier alpha value is -2.00. The Morgan fingerprint density at radius 2 is 2.00 bits per heavy atom. The van der Waals surface area contributed by atoms with Gasteiger partial charge in [-0.1, -0.05) is 11.6 Å². The molecule has 0 saturated carbocycles. The molecule has 4 heteroatoms. The second-order valence-electron chi connectivity index (χ2n) is 4.75. The molecule has 1 aromatic carbocycles. The smallest absolute Gasteiger partial charge is 0.256 e. The normalized spacial score (nSPS) is 15.7. The van der Waals surface area contributed by atoms with E-state index < -0.39 is 0 Å². The van der Waals surface area contributed by atoms with Crippen LogP contribution in [0.4, 0.5) is 5.69 Å². The summed E-state index contributed by atoms with van der Waals surface area (Å²) in [6.45, 7) is 4.01. The third-order valence-corrected chi connectivity index (χ3v) is 3.48. The molecule has 0 radical (unpaired) electrons. The minimum atomic E-state index is -0.0936. The molecule has 0 aliphatic carbocycles. The van der Waals surface area contributed by atoms with Gasteiger partial charge in [0, 0.05) is 27.7 Å². The van der Waals surface area contributed by atoms with E-state index in [-0.39, 0.29) is 5.91 Å². The number of fused-ring (bicyclic) bond motifs is 1. The number of H-pyrrole nitrogens is 1. The molecule has 1 aromatic heterocycles. The zero-order valence-corrected chi connectivity index (χ0v) is 11.4. The van der Waals surface area contributed by atoms with Crippen LogP contribution in [0, 0.1) is 13.8 Å². The summed E-state index contributed by atoms with van der Waals surface area (Å²) in [6, 6.07) is 7.46. The van der Waals surface area contributed by atoms with Gasteiger partial charge in [-0.2, -0.15) is 0 Å². The highest BCUT2D eigenvalue weighted by Gasteiger charge is 2.24. The summed E-state index contributed by atoms with van der Waals surface area (Å²) in [4.78, 5) is 15.3. The first-order chi connectivity index (χ1) is 9.04. The number of nitrogens with one attached hydrogen (secondary N) is 2. The van der Waals surface area contributed by atoms with Crippen molar-refractivity contribution in [1.82, 2.24) is 4.98 Å². The van der Waals surface area contributed by atoms with E-state index in [0.29, 0.717) is 10.6 Å². The highest BCUT2D eigenvalue weighted by Crippen LogP contribution is 2.35. The number of halogens is 1. The molecular weight excluding hydrogens is 260 g/mol. The summed E-state index contributed by atoms with van der Waals surface area (Å²) in [5, 5.41) is 3.47. The Morgan fingerprint density at radius 1 is 1.21 bits per heavy atom. The van der Waals surface area contributed by atoms with Crippen molar-refractivity contribution in [2.75, 3.05) is 5.32 Å². The molecule has 19 heavy (non-hydrogen) atoms. The summed E-state index contributed by atoms with van der Waals surface area (Å²) in [6.07, 6.45) is 1.87. The van der Waals surface area contributed by atoms with Crippen molar-refractivity contribution < 1.29 is 4.79 Å². The fraction of sp³-hybridized carbons (Fsp3) is 0.133. The van der Waals surface area contributed by atoms with Crippen LogP contribution in [0.3, 0.4) is 0 Å². The first-order valence-electron chi connectivity index (χ1n) is 6.04. The Balaban J connectivity index is 2.14. The van der Waals surface area contributed by atoms with Crippen molar-refractivity contribution >= 4 is 34.8 Å². The molecule has 2 N–H and O–H groups in total. The van der Waals surface area contributed by atoms with Gasteiger partial charge in [-0.05, 0) is 49.8 Å². The first-order valence-corrected chi connectivity index (χ1v) is 6.41. The first kappa shape index (κ1) is 12.1. The average Bonchev–Trinajstić information content (AvgIpc) is 2.81. The van der Waals surface area contributed by atoms with Crippen LogP contribution in [0.15, 0.2) is 24.3 Å². The lowest BCUT2D eigenvalue weighted by molar-refractivity contribution is -0.110. The number of hydrogen-bond donors (Lipinski definition) is 2. The van der Waals surface area contributed by atoms with Crippen LogP contribution in [-0.4, -0.2) is 10.9 Å². The Labute approximate surface area is 116 Å². The lowest BCUT2D eigenvalue weighted by Gasteiger charge is -1.99. The predicted octanol–water partition coefficient (Wildman–Crippen LogP) is 3.78. The molecule has 1 amide bonds. The summed E-state index contributed by atoms with van der Waals surface area (Å²) in [5.41, 5.74) is 5.45. The topological polar surface area (TPSA) is 44.9 Å². The summed E-state index contributed by atoms with van der Waals surface area (Å²) < 4.78 is 0. The maximum atomic E-state index is 12.0. The van der Waals surface area contributed by atoms with Crippen LogP contribution < -0.4 is 5.32 Å². The molecule has 0 unspecified atom stereocenters. The number of carbonyl (C=O) groups excluding carboxylic acids is 1. The molecule has 0 saturated heterocycles. The van der Waals surface area contributed by atoms with Crippen LogP contribution in [0.25, 0.3) is 11.6 Å². The number of rotatable bonds is 1. The Kier molecular flexibility index (Phi) is 2.72. The zero-order valence-electron chi connectivity index (χ0n) is 10.7. The SMILES string of the molecule is Cc1cc(C)c(/C=C2/C(=O)Nc3ccc(Cl)cc32)[nH]1. The minimum Gasteiger partial charge on any atom is -0.359 e. The second-order valence-corrected chi connectivity index (χ2v) is 5.19. The molecule has 2 heterocycles. The monoisotopic (exact) mass is 272 g/mol. The zero-order chi connectivity index (χ0) is 13.6. The third kappa shape index (κ3) is 2.06. The molecule has 1 aliphatic heterocycles. The lowest BCUT2D eigenvalue weighted by Crippen LogP contribution is -2.03. The quantitative estimate of drug-likeness (QED) is 0.763. The maximum Gasteiger partial charge on any atom is 0.256 e. The number of aromatic amines is 1. The van der Waals surface area contributed by atoms with E-state index in [0.717, 1.165) is 28.2 Å². The number of amides is 1. The molecule has 3 rings (SSSR count). The predicted molar refractivity (Wildman–Crippen MR) is 78.2 cm³/mol. The fourth-order valence-electron chi connectivity index (χ4n) is 2.35. The van der Waals surface area contributed by atoms with Gasteiger partial charge in [0.2, 0.25) is 0 Å². The van der Waals surface area contributed by atoms with E-state index in [1.807, 2.05) is 32.1 Å². The van der Waals surface area contributed by atoms with Crippen molar-refractivity contribution in [2.24, 2.45) is 0 Å². The lowest BCUT2D eigenvalue weighted by atomic mass is 10.1. The van der Waals surface area contributed by atoms with Crippen molar-refractivity contribution in [3.05, 3.63) is 51.8 Å². The third-order valence-electron chi connectivity index (χ3n) is 3.24. The van der Waals surface area contributed by atoms with Crippen LogP contribution in [-0.2, 0) is 4.79 Å². The van der Waals surface area contributed by atoms with Crippen molar-refractivity contribution in [3.8, 4) is 0 Å². The second kappa shape index (κ2) is 4.28. The van der Waals surface area contributed by atoms with E-state index in [1.54, 1.807) is 6.07 Å². The average molecular weight is 273 g/mol. The van der Waals surface area contributed by atoms with Gasteiger partial charge >= 0.3 is 0 Å². The van der Waals surface area contributed by atoms with E-state index in [1.165, 1.54) is 0 Å². The van der Waals surface area contributed by atoms with E-state index in [4.69, 9.17) is 11.6 Å². The van der Waals surface area contributed by atoms with Gasteiger partial charge in [0.1, 0.15) is 0 Å². The van der Waals surface area contributed by atoms with Crippen molar-refractivity contribution in [1.29, 1.82) is 0 Å². The van der Waals surface area contributed by atoms with Gasteiger partial charge in [0.25, 0.3) is 5.91 Å². The number of aryl methyl sites for hydroxylation is 2. The van der Waals surface area contributed by atoms with Gasteiger partial charge in [-0.15, -0.1) is 0 Å². The minimum absolute atomic E-state index is 0.0936. The molecule has 96 valence electrons. The van der Waals surface area contributed by atoms with E-state index in [9.17, 15) is 4.79 Å². The molecule has 0 spiro atoms. The largest absolute Gasteiger partial charge is 0.359 e. The Morgan fingerprint density at radius 3 is 2.68 bits per heavy atom. The molecule has 2 aromatic rings. The van der Waals surface area contributed by atoms with Gasteiger partial charge < -0.3 is 10.3 Å². The number of aromatic nitrogens is 1. The highest BCUT2D eigenvalue weighted by molar-refractivity contribution is 6.36. The molecule has 0 fully saturated rings. The molecule has 1 aliphatic rings. The van der Waals surface area contributed by atoms with Crippen LogP contribution in [0.1, 0.15) is 22.5 Å². The van der Waals surface area contributed by atoms with Crippen LogP contribution >= 0.6 is 11.6 Å². The maximum absolute atomic E-state index is 12.0. The molecular formula is C15H13ClN2O. The van der Waals surface area contributed by atoms with Crippen molar-refractivity contribution in [2.45, 2.75) is 13.8 Å². The van der Waals surface area contributed by atoms with Crippen LogP contribution in [0.2, 0.25) is 5.02 Å². The summed E-state index contributed by atoms with van der Waals surface area (Å²) >= 11 is 6.00. The number of carbonyl (C=O) groups is 1. The van der Waals surface area contributed by atoms with E-state index >= 15 is 0 Å². The highest BCUT2D eigenvalue weighted by atomic mass is 35.5. The number of anilines is 1. The molecule has 3 nitrogen and oxygen atoms in total. The summed E-state index contributed by atoms with van der Waals surface area (Å²) in [7, 11) is 0. The number of hydrogen-bond acceptors (Lipinski definition) is 1. The van der Waals surface area contributed by atoms with Gasteiger partial charge in [0.05, 0.1) is 5.57 Å². The van der Waals surface area contributed by atoms with E-state index in [2.05, 4.69) is 16.4 Å². The fourth-order valence-corrected chi connectivity index (χ4v) is 2.52.